The molecule has 0 N–H and O–H groups in total. The minimum absolute atomic E-state index is 0.0625. The van der Waals surface area contributed by atoms with Gasteiger partial charge in [0.1, 0.15) is 5.17 Å². The molecule has 3 heteroatoms. The van der Waals surface area contributed by atoms with Crippen molar-refractivity contribution >= 4 is 16.8 Å². The fourth-order valence-electron chi connectivity index (χ4n) is 0.487. The number of rotatable bonds is 0. The van der Waals surface area contributed by atoms with Crippen LogP contribution >= 0.6 is 11.6 Å². The minimum Gasteiger partial charge on any atom is -0.270 e. The van der Waals surface area contributed by atoms with E-state index in [-0.39, 0.29) is 5.17 Å². The van der Waals surface area contributed by atoms with Crippen molar-refractivity contribution < 1.29 is 4.39 Å². The Morgan fingerprint density at radius 2 is 2.62 bits per heavy atom. The minimum atomic E-state index is -1.16. The van der Waals surface area contributed by atoms with Crippen molar-refractivity contribution in [2.45, 2.75) is 6.17 Å². The molecule has 1 heterocycles. The summed E-state index contributed by atoms with van der Waals surface area (Å²) < 4.78 is 12.2. The van der Waals surface area contributed by atoms with E-state index in [9.17, 15) is 4.39 Å². The van der Waals surface area contributed by atoms with Gasteiger partial charge in [0.2, 0.25) is 0 Å². The van der Waals surface area contributed by atoms with Gasteiger partial charge in [-0.1, -0.05) is 17.7 Å². The first kappa shape index (κ1) is 5.76. The molecule has 0 bridgehead atoms. The highest BCUT2D eigenvalue weighted by Crippen LogP contribution is 2.05. The topological polar surface area (TPSA) is 12.4 Å². The number of allylic oxidation sites excluding steroid dienone is 1. The second kappa shape index (κ2) is 2.27. The number of hydrogen-bond donors (Lipinski definition) is 0. The normalized spacial score (nSPS) is 27.8. The smallest absolute Gasteiger partial charge is 0.171 e. The Morgan fingerprint density at radius 3 is 3.00 bits per heavy atom. The van der Waals surface area contributed by atoms with Crippen molar-refractivity contribution in [2.75, 3.05) is 6.54 Å². The number of halogens is 2. The summed E-state index contributed by atoms with van der Waals surface area (Å²) in [6.45, 7) is 0.513. The lowest BCUT2D eigenvalue weighted by Gasteiger charge is -2.02. The zero-order valence-electron chi connectivity index (χ0n) is 4.14. The Morgan fingerprint density at radius 1 is 1.88 bits per heavy atom. The van der Waals surface area contributed by atoms with E-state index < -0.39 is 6.17 Å². The van der Waals surface area contributed by atoms with E-state index in [1.165, 1.54) is 6.08 Å². The lowest BCUT2D eigenvalue weighted by molar-refractivity contribution is 0.492. The molecule has 0 aromatic carbocycles. The molecule has 0 fully saturated rings. The standard InChI is InChI=1S/C5H5ClFN/c6-5-4(7)2-1-3-8-5/h1-2,4H,3H2. The second-order valence-corrected chi connectivity index (χ2v) is 1.88. The predicted molar refractivity (Wildman–Crippen MR) is 32.2 cm³/mol. The highest BCUT2D eigenvalue weighted by Gasteiger charge is 2.09. The molecule has 0 spiro atoms. The van der Waals surface area contributed by atoms with E-state index in [0.717, 1.165) is 0 Å². The molecule has 1 unspecified atom stereocenters. The van der Waals surface area contributed by atoms with E-state index in [1.54, 1.807) is 6.08 Å². The third-order valence-corrected chi connectivity index (χ3v) is 1.21. The van der Waals surface area contributed by atoms with Crippen LogP contribution in [0.1, 0.15) is 0 Å². The second-order valence-electron chi connectivity index (χ2n) is 1.49. The van der Waals surface area contributed by atoms with Crippen LogP contribution in [0.15, 0.2) is 17.1 Å². The average molecular weight is 134 g/mol. The molecule has 0 aromatic heterocycles. The zero-order chi connectivity index (χ0) is 5.98. The molecule has 8 heavy (non-hydrogen) atoms. The Kier molecular flexibility index (Phi) is 1.63. The van der Waals surface area contributed by atoms with Crippen LogP contribution in [0.5, 0.6) is 0 Å². The summed E-state index contributed by atoms with van der Waals surface area (Å²) in [5.74, 6) is 0. The Labute approximate surface area is 51.9 Å². The van der Waals surface area contributed by atoms with Gasteiger partial charge in [0.25, 0.3) is 0 Å². The summed E-state index contributed by atoms with van der Waals surface area (Å²) in [6.07, 6.45) is 1.89. The van der Waals surface area contributed by atoms with Crippen molar-refractivity contribution in [3.8, 4) is 0 Å². The molecule has 0 saturated heterocycles. The number of aliphatic imine (C=N–C) groups is 1. The van der Waals surface area contributed by atoms with Crippen LogP contribution in [-0.4, -0.2) is 17.9 Å². The van der Waals surface area contributed by atoms with Gasteiger partial charge in [0.05, 0.1) is 6.54 Å². The van der Waals surface area contributed by atoms with Crippen molar-refractivity contribution in [1.29, 1.82) is 0 Å². The van der Waals surface area contributed by atoms with Gasteiger partial charge in [-0.15, -0.1) is 0 Å². The van der Waals surface area contributed by atoms with E-state index in [4.69, 9.17) is 11.6 Å². The highest BCUT2D eigenvalue weighted by atomic mass is 35.5. The molecule has 1 aliphatic rings. The van der Waals surface area contributed by atoms with Gasteiger partial charge in [-0.3, -0.25) is 4.99 Å². The lowest BCUT2D eigenvalue weighted by Crippen LogP contribution is -2.09. The first-order chi connectivity index (χ1) is 3.80. The number of alkyl halides is 1. The molecule has 0 aliphatic carbocycles. The zero-order valence-corrected chi connectivity index (χ0v) is 4.90. The van der Waals surface area contributed by atoms with Crippen LogP contribution in [-0.2, 0) is 0 Å². The third-order valence-electron chi connectivity index (χ3n) is 0.880. The Hall–Kier alpha value is -0.370. The van der Waals surface area contributed by atoms with Crippen molar-refractivity contribution in [2.24, 2.45) is 4.99 Å². The van der Waals surface area contributed by atoms with E-state index in [1.807, 2.05) is 0 Å². The Balaban J connectivity index is 2.63. The summed E-state index contributed by atoms with van der Waals surface area (Å²) in [7, 11) is 0. The van der Waals surface area contributed by atoms with Crippen LogP contribution in [0.2, 0.25) is 0 Å². The quantitative estimate of drug-likeness (QED) is 0.445. The molecule has 1 aliphatic heterocycles. The largest absolute Gasteiger partial charge is 0.270 e. The van der Waals surface area contributed by atoms with Crippen LogP contribution < -0.4 is 0 Å². The first-order valence-electron chi connectivity index (χ1n) is 2.31. The molecule has 44 valence electrons. The predicted octanol–water partition coefficient (Wildman–Crippen LogP) is 1.53. The van der Waals surface area contributed by atoms with Gasteiger partial charge in [-0.2, -0.15) is 0 Å². The molecule has 0 aromatic rings. The lowest BCUT2D eigenvalue weighted by atomic mass is 10.3. The Bertz CT molecular complexity index is 141. The van der Waals surface area contributed by atoms with E-state index >= 15 is 0 Å². The third kappa shape index (κ3) is 1.07. The molecule has 1 nitrogen and oxygen atoms in total. The molecule has 0 amide bonds. The average Bonchev–Trinajstić information content (AvgIpc) is 1.77. The molecular weight excluding hydrogens is 129 g/mol. The summed E-state index contributed by atoms with van der Waals surface area (Å²) >= 11 is 5.29. The molecule has 0 radical (unpaired) electrons. The van der Waals surface area contributed by atoms with Crippen LogP contribution in [0, 0.1) is 0 Å². The van der Waals surface area contributed by atoms with Gasteiger partial charge in [0, 0.05) is 0 Å². The van der Waals surface area contributed by atoms with Crippen LogP contribution in [0.4, 0.5) is 4.39 Å². The molecule has 0 saturated carbocycles. The number of dihydropyridines is 1. The van der Waals surface area contributed by atoms with E-state index in [2.05, 4.69) is 4.99 Å². The number of nitrogens with zero attached hydrogens (tertiary/aromatic N) is 1. The van der Waals surface area contributed by atoms with Crippen LogP contribution in [0.3, 0.4) is 0 Å². The van der Waals surface area contributed by atoms with Crippen molar-refractivity contribution in [3.05, 3.63) is 12.2 Å². The van der Waals surface area contributed by atoms with Crippen molar-refractivity contribution in [1.82, 2.24) is 0 Å². The maximum absolute atomic E-state index is 12.2. The summed E-state index contributed by atoms with van der Waals surface area (Å²) in [4.78, 5) is 3.63. The van der Waals surface area contributed by atoms with Crippen LogP contribution in [0.25, 0.3) is 0 Å². The fourth-order valence-corrected chi connectivity index (χ4v) is 0.629. The molecule has 1 rings (SSSR count). The van der Waals surface area contributed by atoms with Gasteiger partial charge < -0.3 is 0 Å². The first-order valence-corrected chi connectivity index (χ1v) is 2.69. The summed E-state index contributed by atoms with van der Waals surface area (Å²) in [6, 6.07) is 0. The van der Waals surface area contributed by atoms with Gasteiger partial charge in [-0.05, 0) is 6.08 Å². The highest BCUT2D eigenvalue weighted by molar-refractivity contribution is 6.66. The van der Waals surface area contributed by atoms with Gasteiger partial charge in [0.15, 0.2) is 6.17 Å². The molecule has 1 atom stereocenters. The van der Waals surface area contributed by atoms with E-state index in [0.29, 0.717) is 6.54 Å². The maximum Gasteiger partial charge on any atom is 0.171 e. The fraction of sp³-hybridized carbons (Fsp3) is 0.400. The SMILES string of the molecule is FC1C=CCN=C1Cl. The monoisotopic (exact) mass is 133 g/mol. The summed E-state index contributed by atoms with van der Waals surface area (Å²) in [5.41, 5.74) is 0. The molecular formula is C5H5ClFN. The summed E-state index contributed by atoms with van der Waals surface area (Å²) in [5, 5.41) is 0.0625. The number of hydrogen-bond acceptors (Lipinski definition) is 1. The van der Waals surface area contributed by atoms with Crippen molar-refractivity contribution in [3.63, 3.8) is 0 Å². The van der Waals surface area contributed by atoms with Gasteiger partial charge >= 0.3 is 0 Å². The maximum atomic E-state index is 12.2. The van der Waals surface area contributed by atoms with Gasteiger partial charge in [-0.25, -0.2) is 4.39 Å².